The minimum Gasteiger partial charge on any atom is -0.385 e. The number of methoxy groups -OCH3 is 1. The molecule has 0 aliphatic heterocycles. The summed E-state index contributed by atoms with van der Waals surface area (Å²) in [5.41, 5.74) is 0.752. The molecule has 0 fully saturated rings. The average molecular weight is 295 g/mol. The number of nitrogens with one attached hydrogen (secondary N) is 2. The predicted octanol–water partition coefficient (Wildman–Crippen LogP) is 2.04. The van der Waals surface area contributed by atoms with Crippen molar-refractivity contribution in [3.05, 3.63) is 33.9 Å². The monoisotopic (exact) mass is 295 g/mol. The van der Waals surface area contributed by atoms with E-state index in [4.69, 9.17) is 4.74 Å². The van der Waals surface area contributed by atoms with E-state index in [-0.39, 0.29) is 23.1 Å². The second kappa shape index (κ2) is 8.21. The van der Waals surface area contributed by atoms with Crippen molar-refractivity contribution in [3.8, 4) is 0 Å². The Kier molecular flexibility index (Phi) is 6.61. The Hall–Kier alpha value is -2.15. The van der Waals surface area contributed by atoms with E-state index >= 15 is 0 Å². The van der Waals surface area contributed by atoms with Gasteiger partial charge in [-0.15, -0.1) is 0 Å². The fourth-order valence-corrected chi connectivity index (χ4v) is 1.88. The number of amides is 1. The third-order valence-electron chi connectivity index (χ3n) is 2.89. The molecule has 0 heterocycles. The van der Waals surface area contributed by atoms with Crippen LogP contribution in [0.25, 0.3) is 0 Å². The molecule has 0 aromatic heterocycles. The Morgan fingerprint density at radius 1 is 1.48 bits per heavy atom. The largest absolute Gasteiger partial charge is 0.385 e. The molecule has 0 bridgehead atoms. The topological polar surface area (TPSA) is 93.5 Å². The molecule has 116 valence electrons. The van der Waals surface area contributed by atoms with Crippen LogP contribution >= 0.6 is 0 Å². The predicted molar refractivity (Wildman–Crippen MR) is 80.6 cm³/mol. The molecular weight excluding hydrogens is 274 g/mol. The maximum atomic E-state index is 12.2. The zero-order chi connectivity index (χ0) is 15.8. The van der Waals surface area contributed by atoms with Gasteiger partial charge in [-0.1, -0.05) is 6.92 Å². The van der Waals surface area contributed by atoms with Crippen LogP contribution in [0, 0.1) is 16.0 Å². The van der Waals surface area contributed by atoms with Gasteiger partial charge >= 0.3 is 0 Å². The molecule has 21 heavy (non-hydrogen) atoms. The number of ether oxygens (including phenoxy) is 1. The first-order valence-electron chi connectivity index (χ1n) is 6.79. The summed E-state index contributed by atoms with van der Waals surface area (Å²) in [6.45, 7) is 5.45. The van der Waals surface area contributed by atoms with Crippen LogP contribution in [0.15, 0.2) is 18.2 Å². The number of non-ortho nitro benzene ring substituents is 1. The number of carbonyl (C=O) groups is 1. The molecule has 0 saturated heterocycles. The Morgan fingerprint density at radius 2 is 2.19 bits per heavy atom. The average Bonchev–Trinajstić information content (AvgIpc) is 2.45. The van der Waals surface area contributed by atoms with E-state index in [9.17, 15) is 14.9 Å². The maximum absolute atomic E-state index is 12.2. The van der Waals surface area contributed by atoms with Gasteiger partial charge in [-0.2, -0.15) is 0 Å². The number of nitrogens with zero attached hydrogens (tertiary/aromatic N) is 1. The van der Waals surface area contributed by atoms with Crippen molar-refractivity contribution in [1.82, 2.24) is 5.32 Å². The zero-order valence-electron chi connectivity index (χ0n) is 12.5. The van der Waals surface area contributed by atoms with Gasteiger partial charge in [0.15, 0.2) is 0 Å². The summed E-state index contributed by atoms with van der Waals surface area (Å²) in [5, 5.41) is 16.6. The number of nitro benzene ring substituents is 1. The molecule has 1 unspecified atom stereocenters. The van der Waals surface area contributed by atoms with Gasteiger partial charge in [-0.3, -0.25) is 14.9 Å². The van der Waals surface area contributed by atoms with E-state index in [2.05, 4.69) is 10.6 Å². The number of carbonyl (C=O) groups excluding carboxylic acids is 1. The maximum Gasteiger partial charge on any atom is 0.270 e. The lowest BCUT2D eigenvalue weighted by molar-refractivity contribution is -0.384. The Bertz CT molecular complexity index is 505. The second-order valence-electron chi connectivity index (χ2n) is 4.79. The smallest absolute Gasteiger partial charge is 0.270 e. The van der Waals surface area contributed by atoms with E-state index in [0.29, 0.717) is 25.4 Å². The van der Waals surface area contributed by atoms with Crippen LogP contribution in [0.3, 0.4) is 0 Å². The zero-order valence-corrected chi connectivity index (χ0v) is 12.5. The van der Waals surface area contributed by atoms with Gasteiger partial charge in [0.25, 0.3) is 11.6 Å². The number of hydrogen-bond acceptors (Lipinski definition) is 5. The van der Waals surface area contributed by atoms with Crippen LogP contribution in [0.5, 0.6) is 0 Å². The first kappa shape index (κ1) is 16.9. The standard InChI is InChI=1S/C14H21N3O4/c1-4-15-13-6-5-11(17(19)20)7-12(13)14(18)16-8-10(2)9-21-3/h5-7,10,15H,4,8-9H2,1-3H3,(H,16,18). The highest BCUT2D eigenvalue weighted by atomic mass is 16.6. The van der Waals surface area contributed by atoms with Crippen molar-refractivity contribution in [2.24, 2.45) is 5.92 Å². The van der Waals surface area contributed by atoms with Crippen LogP contribution in [0.1, 0.15) is 24.2 Å². The van der Waals surface area contributed by atoms with Gasteiger partial charge in [-0.25, -0.2) is 0 Å². The number of anilines is 1. The summed E-state index contributed by atoms with van der Waals surface area (Å²) < 4.78 is 5.00. The minimum absolute atomic E-state index is 0.105. The molecule has 0 radical (unpaired) electrons. The highest BCUT2D eigenvalue weighted by Crippen LogP contribution is 2.22. The summed E-state index contributed by atoms with van der Waals surface area (Å²) in [6.07, 6.45) is 0. The molecule has 1 amide bonds. The van der Waals surface area contributed by atoms with E-state index in [1.807, 2.05) is 13.8 Å². The lowest BCUT2D eigenvalue weighted by Crippen LogP contribution is -2.30. The summed E-state index contributed by atoms with van der Waals surface area (Å²) >= 11 is 0. The van der Waals surface area contributed by atoms with Crippen molar-refractivity contribution in [1.29, 1.82) is 0 Å². The Labute approximate surface area is 123 Å². The third kappa shape index (κ3) is 5.03. The first-order valence-corrected chi connectivity index (χ1v) is 6.79. The quantitative estimate of drug-likeness (QED) is 0.565. The molecule has 7 heteroatoms. The molecule has 1 aromatic rings. The van der Waals surface area contributed by atoms with E-state index in [1.54, 1.807) is 13.2 Å². The summed E-state index contributed by atoms with van der Waals surface area (Å²) in [4.78, 5) is 22.5. The van der Waals surface area contributed by atoms with Crippen molar-refractivity contribution in [2.45, 2.75) is 13.8 Å². The Morgan fingerprint density at radius 3 is 2.76 bits per heavy atom. The minimum atomic E-state index is -0.514. The SMILES string of the molecule is CCNc1ccc([N+](=O)[O-])cc1C(=O)NCC(C)COC. The lowest BCUT2D eigenvalue weighted by Gasteiger charge is -2.14. The van der Waals surface area contributed by atoms with Crippen LogP contribution < -0.4 is 10.6 Å². The van der Waals surface area contributed by atoms with E-state index in [0.717, 1.165) is 0 Å². The molecule has 1 aromatic carbocycles. The molecular formula is C14H21N3O4. The fourth-order valence-electron chi connectivity index (χ4n) is 1.88. The van der Waals surface area contributed by atoms with Crippen molar-refractivity contribution >= 4 is 17.3 Å². The van der Waals surface area contributed by atoms with Gasteiger partial charge in [0, 0.05) is 38.0 Å². The molecule has 0 aliphatic rings. The second-order valence-corrected chi connectivity index (χ2v) is 4.79. The van der Waals surface area contributed by atoms with Crippen LogP contribution in [-0.4, -0.2) is 37.6 Å². The molecule has 1 atom stereocenters. The highest BCUT2D eigenvalue weighted by molar-refractivity contribution is 6.00. The summed E-state index contributed by atoms with van der Waals surface area (Å²) in [5.74, 6) is -0.169. The normalized spacial score (nSPS) is 11.8. The van der Waals surface area contributed by atoms with Crippen LogP contribution in [-0.2, 0) is 4.74 Å². The summed E-state index contributed by atoms with van der Waals surface area (Å²) in [7, 11) is 1.60. The van der Waals surface area contributed by atoms with Crippen molar-refractivity contribution in [2.75, 3.05) is 32.1 Å². The fraction of sp³-hybridized carbons (Fsp3) is 0.500. The van der Waals surface area contributed by atoms with Gasteiger partial charge in [0.1, 0.15) is 0 Å². The highest BCUT2D eigenvalue weighted by Gasteiger charge is 2.17. The van der Waals surface area contributed by atoms with Crippen molar-refractivity contribution < 1.29 is 14.5 Å². The van der Waals surface area contributed by atoms with Crippen LogP contribution in [0.2, 0.25) is 0 Å². The number of benzene rings is 1. The van der Waals surface area contributed by atoms with Gasteiger partial charge in [-0.05, 0) is 18.9 Å². The molecule has 0 spiro atoms. The van der Waals surface area contributed by atoms with Gasteiger partial charge < -0.3 is 15.4 Å². The first-order chi connectivity index (χ1) is 9.99. The van der Waals surface area contributed by atoms with E-state index in [1.165, 1.54) is 12.1 Å². The van der Waals surface area contributed by atoms with Crippen molar-refractivity contribution in [3.63, 3.8) is 0 Å². The molecule has 1 rings (SSSR count). The van der Waals surface area contributed by atoms with Gasteiger partial charge in [0.2, 0.25) is 0 Å². The number of rotatable bonds is 8. The Balaban J connectivity index is 2.88. The molecule has 7 nitrogen and oxygen atoms in total. The molecule has 0 saturated carbocycles. The molecule has 2 N–H and O–H groups in total. The number of hydrogen-bond donors (Lipinski definition) is 2. The van der Waals surface area contributed by atoms with E-state index < -0.39 is 4.92 Å². The van der Waals surface area contributed by atoms with Crippen LogP contribution in [0.4, 0.5) is 11.4 Å². The number of nitro groups is 1. The molecule has 0 aliphatic carbocycles. The summed E-state index contributed by atoms with van der Waals surface area (Å²) in [6, 6.07) is 4.21. The lowest BCUT2D eigenvalue weighted by atomic mass is 10.1. The third-order valence-corrected chi connectivity index (χ3v) is 2.89. The van der Waals surface area contributed by atoms with Gasteiger partial charge in [0.05, 0.1) is 17.1 Å².